The first-order valence-electron chi connectivity index (χ1n) is 6.96. The van der Waals surface area contributed by atoms with Crippen molar-refractivity contribution in [1.82, 2.24) is 4.31 Å². The van der Waals surface area contributed by atoms with Crippen molar-refractivity contribution in [1.29, 1.82) is 0 Å². The molecular weight excluding hydrogens is 276 g/mol. The van der Waals surface area contributed by atoms with E-state index < -0.39 is 10.0 Å². The van der Waals surface area contributed by atoms with Crippen LogP contribution in [-0.4, -0.2) is 45.1 Å². The van der Waals surface area contributed by atoms with Crippen LogP contribution in [0.5, 0.6) is 0 Å². The third-order valence-corrected chi connectivity index (χ3v) is 6.15. The lowest BCUT2D eigenvalue weighted by atomic mass is 10.2. The number of hydrogen-bond acceptors (Lipinski definition) is 4. The molecule has 0 spiro atoms. The molecule has 0 bridgehead atoms. The summed E-state index contributed by atoms with van der Waals surface area (Å²) in [6, 6.07) is 5.28. The van der Waals surface area contributed by atoms with E-state index in [1.54, 1.807) is 19.2 Å². The van der Waals surface area contributed by atoms with Crippen molar-refractivity contribution in [3.63, 3.8) is 0 Å². The van der Waals surface area contributed by atoms with Gasteiger partial charge in [-0.25, -0.2) is 8.42 Å². The van der Waals surface area contributed by atoms with Crippen molar-refractivity contribution in [3.05, 3.63) is 23.8 Å². The van der Waals surface area contributed by atoms with Crippen molar-refractivity contribution in [2.24, 2.45) is 0 Å². The van der Waals surface area contributed by atoms with Crippen LogP contribution in [0.25, 0.3) is 0 Å². The molecule has 2 atom stereocenters. The van der Waals surface area contributed by atoms with Crippen LogP contribution in [0.2, 0.25) is 0 Å². The number of sulfonamides is 1. The summed E-state index contributed by atoms with van der Waals surface area (Å²) in [6.07, 6.45) is 1.65. The smallest absolute Gasteiger partial charge is 0.243 e. The van der Waals surface area contributed by atoms with E-state index in [9.17, 15) is 8.42 Å². The Hall–Kier alpha value is -1.11. The number of anilines is 1. The van der Waals surface area contributed by atoms with Gasteiger partial charge in [0.1, 0.15) is 0 Å². The van der Waals surface area contributed by atoms with Gasteiger partial charge in [-0.05, 0) is 37.5 Å². The maximum absolute atomic E-state index is 12.7. The first-order chi connectivity index (χ1) is 9.50. The molecule has 110 valence electrons. The lowest BCUT2D eigenvalue weighted by Crippen LogP contribution is -2.40. The Bertz CT molecular complexity index is 615. The topological polar surface area (TPSA) is 58.6 Å². The average Bonchev–Trinajstić information content (AvgIpc) is 3.05. The molecule has 1 aromatic rings. The normalized spacial score (nSPS) is 25.8. The maximum Gasteiger partial charge on any atom is 0.243 e. The molecule has 2 heterocycles. The summed E-state index contributed by atoms with van der Waals surface area (Å²) in [6.45, 7) is 3.42. The van der Waals surface area contributed by atoms with E-state index >= 15 is 0 Å². The number of hydrogen-bond donors (Lipinski definition) is 1. The SMILES string of the molecule is CC1OCCC1N(C)S(=O)(=O)c1ccc2c(c1)NCC2. The van der Waals surface area contributed by atoms with Gasteiger partial charge in [0.05, 0.1) is 17.0 Å². The minimum Gasteiger partial charge on any atom is -0.384 e. The van der Waals surface area contributed by atoms with Gasteiger partial charge < -0.3 is 10.1 Å². The van der Waals surface area contributed by atoms with Crippen molar-refractivity contribution < 1.29 is 13.2 Å². The number of nitrogens with one attached hydrogen (secondary N) is 1. The van der Waals surface area contributed by atoms with Crippen LogP contribution in [0.15, 0.2) is 23.1 Å². The summed E-state index contributed by atoms with van der Waals surface area (Å²) in [5.74, 6) is 0. The minimum atomic E-state index is -3.46. The Morgan fingerprint density at radius 1 is 1.40 bits per heavy atom. The van der Waals surface area contributed by atoms with Gasteiger partial charge in [-0.1, -0.05) is 6.07 Å². The summed E-state index contributed by atoms with van der Waals surface area (Å²) in [7, 11) is -1.82. The van der Waals surface area contributed by atoms with Gasteiger partial charge in [0, 0.05) is 25.9 Å². The fourth-order valence-electron chi connectivity index (χ4n) is 2.97. The van der Waals surface area contributed by atoms with Gasteiger partial charge in [0.2, 0.25) is 10.0 Å². The molecule has 0 aromatic heterocycles. The van der Waals surface area contributed by atoms with E-state index in [0.29, 0.717) is 11.5 Å². The van der Waals surface area contributed by atoms with E-state index in [-0.39, 0.29) is 12.1 Å². The van der Waals surface area contributed by atoms with Crippen LogP contribution in [-0.2, 0) is 21.2 Å². The standard InChI is InChI=1S/C14H20N2O3S/c1-10-14(6-8-19-10)16(2)20(17,18)12-4-3-11-5-7-15-13(11)9-12/h3-4,9-10,14-15H,5-8H2,1-2H3. The molecule has 6 heteroatoms. The monoisotopic (exact) mass is 296 g/mol. The zero-order chi connectivity index (χ0) is 14.3. The third-order valence-electron chi connectivity index (χ3n) is 4.27. The maximum atomic E-state index is 12.7. The van der Waals surface area contributed by atoms with Gasteiger partial charge in [0.15, 0.2) is 0 Å². The molecule has 2 aliphatic rings. The molecule has 5 nitrogen and oxygen atoms in total. The molecule has 0 saturated carbocycles. The zero-order valence-corrected chi connectivity index (χ0v) is 12.6. The zero-order valence-electron chi connectivity index (χ0n) is 11.8. The Balaban J connectivity index is 1.91. The molecule has 1 fully saturated rings. The molecule has 0 radical (unpaired) electrons. The number of fused-ring (bicyclic) bond motifs is 1. The highest BCUT2D eigenvalue weighted by Crippen LogP contribution is 2.29. The first-order valence-corrected chi connectivity index (χ1v) is 8.40. The average molecular weight is 296 g/mol. The highest BCUT2D eigenvalue weighted by molar-refractivity contribution is 7.89. The number of ether oxygens (including phenoxy) is 1. The Morgan fingerprint density at radius 3 is 2.90 bits per heavy atom. The highest BCUT2D eigenvalue weighted by atomic mass is 32.2. The molecule has 1 saturated heterocycles. The van der Waals surface area contributed by atoms with Crippen LogP contribution in [0, 0.1) is 0 Å². The van der Waals surface area contributed by atoms with Crippen molar-refractivity contribution in [2.45, 2.75) is 36.8 Å². The lowest BCUT2D eigenvalue weighted by molar-refractivity contribution is 0.102. The fourth-order valence-corrected chi connectivity index (χ4v) is 4.45. The quantitative estimate of drug-likeness (QED) is 0.917. The highest BCUT2D eigenvalue weighted by Gasteiger charge is 2.35. The molecule has 2 unspecified atom stereocenters. The predicted molar refractivity (Wildman–Crippen MR) is 77.4 cm³/mol. The molecule has 3 rings (SSSR count). The van der Waals surface area contributed by atoms with Gasteiger partial charge in [0.25, 0.3) is 0 Å². The largest absolute Gasteiger partial charge is 0.384 e. The van der Waals surface area contributed by atoms with Gasteiger partial charge in [-0.3, -0.25) is 0 Å². The Morgan fingerprint density at radius 2 is 2.20 bits per heavy atom. The summed E-state index contributed by atoms with van der Waals surface area (Å²) in [5.41, 5.74) is 2.12. The lowest BCUT2D eigenvalue weighted by Gasteiger charge is -2.26. The van der Waals surface area contributed by atoms with Crippen molar-refractivity contribution in [2.75, 3.05) is 25.5 Å². The summed E-state index contributed by atoms with van der Waals surface area (Å²) in [5, 5.41) is 3.22. The van der Waals surface area contributed by atoms with Crippen LogP contribution >= 0.6 is 0 Å². The molecule has 20 heavy (non-hydrogen) atoms. The molecule has 2 aliphatic heterocycles. The number of nitrogens with zero attached hydrogens (tertiary/aromatic N) is 1. The van der Waals surface area contributed by atoms with E-state index in [1.165, 1.54) is 9.87 Å². The van der Waals surface area contributed by atoms with E-state index in [1.807, 2.05) is 13.0 Å². The molecular formula is C14H20N2O3S. The molecule has 1 aromatic carbocycles. The van der Waals surface area contributed by atoms with Gasteiger partial charge >= 0.3 is 0 Å². The first kappa shape index (κ1) is 13.9. The molecule has 0 aliphatic carbocycles. The number of likely N-dealkylation sites (N-methyl/N-ethyl adjacent to an activating group) is 1. The Kier molecular flexibility index (Phi) is 3.48. The van der Waals surface area contributed by atoms with E-state index in [0.717, 1.165) is 25.1 Å². The van der Waals surface area contributed by atoms with Crippen LogP contribution < -0.4 is 5.32 Å². The minimum absolute atomic E-state index is 0.0534. The number of benzene rings is 1. The van der Waals surface area contributed by atoms with Crippen LogP contribution in [0.1, 0.15) is 18.9 Å². The second-order valence-corrected chi connectivity index (χ2v) is 7.45. The van der Waals surface area contributed by atoms with E-state index in [2.05, 4.69) is 5.32 Å². The van der Waals surface area contributed by atoms with Crippen molar-refractivity contribution >= 4 is 15.7 Å². The second-order valence-electron chi connectivity index (χ2n) is 5.45. The fraction of sp³-hybridized carbons (Fsp3) is 0.571. The third kappa shape index (κ3) is 2.21. The summed E-state index contributed by atoms with van der Waals surface area (Å²) in [4.78, 5) is 0.354. The Labute approximate surface area is 120 Å². The summed E-state index contributed by atoms with van der Waals surface area (Å²) < 4.78 is 32.3. The second kappa shape index (κ2) is 5.02. The van der Waals surface area contributed by atoms with Crippen molar-refractivity contribution in [3.8, 4) is 0 Å². The number of rotatable bonds is 3. The van der Waals surface area contributed by atoms with Gasteiger partial charge in [-0.2, -0.15) is 4.31 Å². The van der Waals surface area contributed by atoms with E-state index in [4.69, 9.17) is 4.74 Å². The molecule has 0 amide bonds. The van der Waals surface area contributed by atoms with Gasteiger partial charge in [-0.15, -0.1) is 0 Å². The van der Waals surface area contributed by atoms with Crippen LogP contribution in [0.3, 0.4) is 0 Å². The molecule has 1 N–H and O–H groups in total. The summed E-state index contributed by atoms with van der Waals surface area (Å²) >= 11 is 0. The van der Waals surface area contributed by atoms with Crippen LogP contribution in [0.4, 0.5) is 5.69 Å². The predicted octanol–water partition coefficient (Wildman–Crippen LogP) is 1.45.